The van der Waals surface area contributed by atoms with Crippen LogP contribution in [0.3, 0.4) is 0 Å². The lowest BCUT2D eigenvalue weighted by Gasteiger charge is -2.29. The Morgan fingerprint density at radius 1 is 1.14 bits per heavy atom. The zero-order valence-corrected chi connectivity index (χ0v) is 9.21. The van der Waals surface area contributed by atoms with Crippen LogP contribution in [-0.2, 0) is 0 Å². The van der Waals surface area contributed by atoms with Crippen LogP contribution in [0, 0.1) is 11.8 Å². The minimum atomic E-state index is 0.703. The van der Waals surface area contributed by atoms with Gasteiger partial charge in [-0.2, -0.15) is 0 Å². The molecule has 1 aliphatic heterocycles. The summed E-state index contributed by atoms with van der Waals surface area (Å²) in [5, 5.41) is 3.58. The van der Waals surface area contributed by atoms with E-state index in [-0.39, 0.29) is 0 Å². The molecule has 3 atom stereocenters. The van der Waals surface area contributed by atoms with Gasteiger partial charge in [0.2, 0.25) is 0 Å². The van der Waals surface area contributed by atoms with Crippen LogP contribution in [-0.4, -0.2) is 36.6 Å². The Hall–Kier alpha value is -0.0800. The average molecular weight is 194 g/mol. The first kappa shape index (κ1) is 9.17. The molecule has 0 radical (unpaired) electrons. The van der Waals surface area contributed by atoms with Crippen LogP contribution in [0.2, 0.25) is 0 Å². The second-order valence-electron chi connectivity index (χ2n) is 5.58. The van der Waals surface area contributed by atoms with E-state index in [1.807, 2.05) is 0 Å². The normalized spacial score (nSPS) is 48.6. The first-order valence-electron chi connectivity index (χ1n) is 6.30. The summed E-state index contributed by atoms with van der Waals surface area (Å²) < 4.78 is 0. The average Bonchev–Trinajstić information content (AvgIpc) is 2.85. The summed E-state index contributed by atoms with van der Waals surface area (Å²) in [6, 6.07) is 1.65. The Labute approximate surface area is 87.0 Å². The van der Waals surface area contributed by atoms with Crippen molar-refractivity contribution >= 4 is 0 Å². The molecule has 80 valence electrons. The highest BCUT2D eigenvalue weighted by Crippen LogP contribution is 2.53. The van der Waals surface area contributed by atoms with Crippen LogP contribution in [0.15, 0.2) is 0 Å². The van der Waals surface area contributed by atoms with E-state index in [4.69, 9.17) is 0 Å². The van der Waals surface area contributed by atoms with Gasteiger partial charge in [0.25, 0.3) is 0 Å². The molecule has 0 bridgehead atoms. The van der Waals surface area contributed by atoms with Crippen molar-refractivity contribution < 1.29 is 0 Å². The van der Waals surface area contributed by atoms with Crippen molar-refractivity contribution in [1.82, 2.24) is 10.2 Å². The Kier molecular flexibility index (Phi) is 2.29. The van der Waals surface area contributed by atoms with E-state index < -0.39 is 0 Å². The Bertz CT molecular complexity index is 206. The molecule has 2 heteroatoms. The highest BCUT2D eigenvalue weighted by molar-refractivity contribution is 5.00. The topological polar surface area (TPSA) is 15.3 Å². The number of nitrogens with one attached hydrogen (secondary N) is 1. The third kappa shape index (κ3) is 1.70. The quantitative estimate of drug-likeness (QED) is 0.680. The summed E-state index contributed by atoms with van der Waals surface area (Å²) in [4.78, 5) is 2.76. The number of nitrogens with zero attached hydrogens (tertiary/aromatic N) is 1. The molecule has 2 nitrogen and oxygen atoms in total. The number of rotatable bonds is 1. The van der Waals surface area contributed by atoms with E-state index in [2.05, 4.69) is 17.1 Å². The van der Waals surface area contributed by atoms with Gasteiger partial charge in [-0.1, -0.05) is 0 Å². The molecule has 3 unspecified atom stereocenters. The summed E-state index contributed by atoms with van der Waals surface area (Å²) in [5.74, 6) is 2.26. The van der Waals surface area contributed by atoms with Gasteiger partial charge in [0.1, 0.15) is 0 Å². The maximum atomic E-state index is 3.58. The van der Waals surface area contributed by atoms with Gasteiger partial charge < -0.3 is 5.32 Å². The highest BCUT2D eigenvalue weighted by Gasteiger charge is 2.47. The van der Waals surface area contributed by atoms with Crippen molar-refractivity contribution in [3.63, 3.8) is 0 Å². The van der Waals surface area contributed by atoms with Gasteiger partial charge >= 0.3 is 0 Å². The van der Waals surface area contributed by atoms with Crippen LogP contribution in [0.4, 0.5) is 0 Å². The van der Waals surface area contributed by atoms with Crippen molar-refractivity contribution in [1.29, 1.82) is 0 Å². The molecule has 2 saturated carbocycles. The third-order valence-corrected chi connectivity index (χ3v) is 4.36. The molecule has 1 heterocycles. The molecular formula is C12H22N2. The predicted molar refractivity (Wildman–Crippen MR) is 58.3 cm³/mol. The van der Waals surface area contributed by atoms with Crippen molar-refractivity contribution in [3.05, 3.63) is 0 Å². The maximum Gasteiger partial charge on any atom is 0.0166 e. The van der Waals surface area contributed by atoms with E-state index >= 15 is 0 Å². The van der Waals surface area contributed by atoms with Gasteiger partial charge in [0.15, 0.2) is 0 Å². The molecule has 3 fully saturated rings. The molecule has 0 aromatic rings. The van der Waals surface area contributed by atoms with E-state index in [9.17, 15) is 0 Å². The molecule has 0 spiro atoms. The lowest BCUT2D eigenvalue weighted by Crippen LogP contribution is -2.40. The van der Waals surface area contributed by atoms with E-state index in [1.54, 1.807) is 6.42 Å². The van der Waals surface area contributed by atoms with Crippen LogP contribution in [0.1, 0.15) is 32.6 Å². The Morgan fingerprint density at radius 3 is 2.71 bits per heavy atom. The minimum Gasteiger partial charge on any atom is -0.313 e. The summed E-state index contributed by atoms with van der Waals surface area (Å²) in [7, 11) is 0. The van der Waals surface area contributed by atoms with E-state index in [0.29, 0.717) is 6.04 Å². The molecule has 2 aliphatic carbocycles. The first-order chi connectivity index (χ1) is 6.83. The Morgan fingerprint density at radius 2 is 1.93 bits per heavy atom. The first-order valence-corrected chi connectivity index (χ1v) is 6.30. The van der Waals surface area contributed by atoms with E-state index in [0.717, 1.165) is 17.9 Å². The van der Waals surface area contributed by atoms with Gasteiger partial charge in [0, 0.05) is 18.6 Å². The molecule has 0 aromatic carbocycles. The second-order valence-corrected chi connectivity index (χ2v) is 5.58. The van der Waals surface area contributed by atoms with Gasteiger partial charge in [-0.3, -0.25) is 4.90 Å². The molecular weight excluding hydrogens is 172 g/mol. The smallest absolute Gasteiger partial charge is 0.0166 e. The second kappa shape index (κ2) is 3.49. The molecule has 0 aromatic heterocycles. The highest BCUT2D eigenvalue weighted by atomic mass is 15.2. The molecule has 3 aliphatic rings. The zero-order valence-electron chi connectivity index (χ0n) is 9.21. The third-order valence-electron chi connectivity index (χ3n) is 4.36. The molecule has 0 amide bonds. The van der Waals surface area contributed by atoms with Gasteiger partial charge in [0.05, 0.1) is 0 Å². The molecule has 1 N–H and O–H groups in total. The van der Waals surface area contributed by atoms with Crippen molar-refractivity contribution in [2.24, 2.45) is 11.8 Å². The fourth-order valence-corrected chi connectivity index (χ4v) is 3.45. The number of hydrogen-bond acceptors (Lipinski definition) is 2. The van der Waals surface area contributed by atoms with Crippen molar-refractivity contribution in [2.45, 2.75) is 44.7 Å². The SMILES string of the molecule is CC1CN(C2CC3CC3C2)CCCN1. The van der Waals surface area contributed by atoms with Crippen molar-refractivity contribution in [3.8, 4) is 0 Å². The van der Waals surface area contributed by atoms with E-state index in [1.165, 1.54) is 38.9 Å². The lowest BCUT2D eigenvalue weighted by molar-refractivity contribution is 0.187. The predicted octanol–water partition coefficient (Wildman–Crippen LogP) is 1.47. The van der Waals surface area contributed by atoms with Gasteiger partial charge in [-0.05, 0) is 57.5 Å². The zero-order chi connectivity index (χ0) is 9.54. The molecule has 14 heavy (non-hydrogen) atoms. The van der Waals surface area contributed by atoms with Gasteiger partial charge in [-0.15, -0.1) is 0 Å². The van der Waals surface area contributed by atoms with Crippen LogP contribution in [0.25, 0.3) is 0 Å². The molecule has 3 rings (SSSR count). The maximum absolute atomic E-state index is 3.58. The fraction of sp³-hybridized carbons (Fsp3) is 1.00. The molecule has 1 saturated heterocycles. The summed E-state index contributed by atoms with van der Waals surface area (Å²) in [6.45, 7) is 6.16. The van der Waals surface area contributed by atoms with Crippen molar-refractivity contribution in [2.75, 3.05) is 19.6 Å². The number of hydrogen-bond donors (Lipinski definition) is 1. The Balaban J connectivity index is 1.59. The largest absolute Gasteiger partial charge is 0.313 e. The standard InChI is InChI=1S/C12H22N2/c1-9-8-14(4-2-3-13-9)12-6-10-5-11(10)7-12/h9-13H,2-8H2,1H3. The fourth-order valence-electron chi connectivity index (χ4n) is 3.45. The number of fused-ring (bicyclic) bond motifs is 1. The summed E-state index contributed by atoms with van der Waals surface area (Å²) >= 11 is 0. The summed E-state index contributed by atoms with van der Waals surface area (Å²) in [6.07, 6.45) is 5.92. The minimum absolute atomic E-state index is 0.703. The van der Waals surface area contributed by atoms with Crippen LogP contribution in [0.5, 0.6) is 0 Å². The summed E-state index contributed by atoms with van der Waals surface area (Å²) in [5.41, 5.74) is 0. The lowest BCUT2D eigenvalue weighted by atomic mass is 10.1. The monoisotopic (exact) mass is 194 g/mol. The van der Waals surface area contributed by atoms with Crippen LogP contribution >= 0.6 is 0 Å². The van der Waals surface area contributed by atoms with Crippen LogP contribution < -0.4 is 5.32 Å². The van der Waals surface area contributed by atoms with Gasteiger partial charge in [-0.25, -0.2) is 0 Å².